The van der Waals surface area contributed by atoms with Gasteiger partial charge in [0.2, 0.25) is 5.82 Å². The van der Waals surface area contributed by atoms with Crippen LogP contribution >= 0.6 is 0 Å². The molecule has 166 valence electrons. The number of carbonyl (C=O) groups excluding carboxylic acids is 1. The van der Waals surface area contributed by atoms with Crippen LogP contribution in [0.25, 0.3) is 33.6 Å². The van der Waals surface area contributed by atoms with E-state index in [0.29, 0.717) is 30.5 Å². The summed E-state index contributed by atoms with van der Waals surface area (Å²) in [6, 6.07) is 26.9. The van der Waals surface area contributed by atoms with E-state index in [1.807, 2.05) is 84.9 Å². The number of amides is 1. The van der Waals surface area contributed by atoms with Crippen molar-refractivity contribution in [1.82, 2.24) is 20.0 Å². The first-order chi connectivity index (χ1) is 16.7. The lowest BCUT2D eigenvalue weighted by atomic mass is 10.1. The lowest BCUT2D eigenvalue weighted by molar-refractivity contribution is 0.0175. The van der Waals surface area contributed by atoms with Crippen molar-refractivity contribution in [3.63, 3.8) is 0 Å². The van der Waals surface area contributed by atoms with Gasteiger partial charge >= 0.3 is 0 Å². The van der Waals surface area contributed by atoms with Crippen LogP contribution in [0.1, 0.15) is 10.5 Å². The number of likely N-dealkylation sites (tertiary alicyclic amines) is 1. The van der Waals surface area contributed by atoms with E-state index in [2.05, 4.69) is 15.1 Å². The van der Waals surface area contributed by atoms with Gasteiger partial charge in [-0.25, -0.2) is 0 Å². The number of hydrogen-bond acceptors (Lipinski definition) is 6. The molecule has 2 aromatic heterocycles. The van der Waals surface area contributed by atoms with Crippen LogP contribution in [0.3, 0.4) is 0 Å². The summed E-state index contributed by atoms with van der Waals surface area (Å²) in [7, 11) is 0. The third kappa shape index (κ3) is 3.77. The fourth-order valence-electron chi connectivity index (χ4n) is 4.03. The van der Waals surface area contributed by atoms with Crippen LogP contribution in [0.15, 0.2) is 95.6 Å². The van der Waals surface area contributed by atoms with Crippen molar-refractivity contribution >= 4 is 16.7 Å². The molecular weight excluding hydrogens is 428 g/mol. The fourth-order valence-corrected chi connectivity index (χ4v) is 4.03. The molecule has 0 unspecified atom stereocenters. The molecule has 7 nitrogen and oxygen atoms in total. The van der Waals surface area contributed by atoms with Crippen molar-refractivity contribution in [3.05, 3.63) is 96.8 Å². The Balaban J connectivity index is 1.08. The van der Waals surface area contributed by atoms with Crippen molar-refractivity contribution < 1.29 is 14.1 Å². The van der Waals surface area contributed by atoms with Gasteiger partial charge in [0, 0.05) is 22.7 Å². The molecule has 34 heavy (non-hydrogen) atoms. The Labute approximate surface area is 195 Å². The molecule has 0 bridgehead atoms. The van der Waals surface area contributed by atoms with Crippen LogP contribution in [-0.2, 0) is 0 Å². The normalized spacial score (nSPS) is 13.6. The summed E-state index contributed by atoms with van der Waals surface area (Å²) in [5.74, 6) is 1.66. The summed E-state index contributed by atoms with van der Waals surface area (Å²) in [5.41, 5.74) is 2.20. The molecule has 3 heterocycles. The van der Waals surface area contributed by atoms with Crippen LogP contribution < -0.4 is 4.74 Å². The molecular formula is C27H20N4O3. The van der Waals surface area contributed by atoms with Gasteiger partial charge in [0.25, 0.3) is 11.8 Å². The van der Waals surface area contributed by atoms with E-state index in [0.717, 1.165) is 27.6 Å². The summed E-state index contributed by atoms with van der Waals surface area (Å²) < 4.78 is 11.5. The lowest BCUT2D eigenvalue weighted by Crippen LogP contribution is -2.56. The predicted octanol–water partition coefficient (Wildman–Crippen LogP) is 4.86. The van der Waals surface area contributed by atoms with Crippen molar-refractivity contribution in [2.75, 3.05) is 13.1 Å². The van der Waals surface area contributed by atoms with Gasteiger partial charge in [0.15, 0.2) is 0 Å². The van der Waals surface area contributed by atoms with Crippen molar-refractivity contribution in [1.29, 1.82) is 0 Å². The number of nitrogens with zero attached hydrogens (tertiary/aromatic N) is 4. The maximum Gasteiger partial charge on any atom is 0.273 e. The van der Waals surface area contributed by atoms with Crippen LogP contribution in [0.2, 0.25) is 0 Å². The summed E-state index contributed by atoms with van der Waals surface area (Å²) in [6.07, 6.45) is 1.62. The standard InChI is InChI=1S/C27H20N4O3/c32-27(24-23-9-5-4-6-18(23)14-15-28-24)31-16-22(17-31)33-21-12-10-20(11-13-21)26-29-25(30-34-26)19-7-2-1-3-8-19/h1-15,22H,16-17H2. The Morgan fingerprint density at radius 2 is 1.65 bits per heavy atom. The molecule has 0 saturated carbocycles. The fraction of sp³-hybridized carbons (Fsp3) is 0.111. The number of pyridine rings is 1. The number of rotatable bonds is 5. The minimum absolute atomic E-state index is 0.0575. The molecule has 1 aliphatic heterocycles. The van der Waals surface area contributed by atoms with E-state index in [4.69, 9.17) is 9.26 Å². The number of ether oxygens (including phenoxy) is 1. The number of fused-ring (bicyclic) bond motifs is 1. The number of carbonyl (C=O) groups is 1. The molecule has 1 fully saturated rings. The highest BCUT2D eigenvalue weighted by atomic mass is 16.5. The van der Waals surface area contributed by atoms with E-state index >= 15 is 0 Å². The molecule has 0 atom stereocenters. The molecule has 1 aliphatic rings. The number of aromatic nitrogens is 3. The van der Waals surface area contributed by atoms with Crippen LogP contribution in [0, 0.1) is 0 Å². The molecule has 5 aromatic rings. The Bertz CT molecular complexity index is 1450. The first-order valence-electron chi connectivity index (χ1n) is 11.0. The second-order valence-corrected chi connectivity index (χ2v) is 8.14. The van der Waals surface area contributed by atoms with Gasteiger partial charge in [-0.1, -0.05) is 59.8 Å². The minimum Gasteiger partial charge on any atom is -0.487 e. The SMILES string of the molecule is O=C(c1nccc2ccccc12)N1CC(Oc2ccc(-c3nc(-c4ccccc4)no3)cc2)C1. The van der Waals surface area contributed by atoms with Gasteiger partial charge < -0.3 is 14.2 Å². The van der Waals surface area contributed by atoms with Crippen LogP contribution in [-0.4, -0.2) is 45.1 Å². The van der Waals surface area contributed by atoms with Gasteiger partial charge in [-0.3, -0.25) is 9.78 Å². The lowest BCUT2D eigenvalue weighted by Gasteiger charge is -2.38. The topological polar surface area (TPSA) is 81.4 Å². The third-order valence-electron chi connectivity index (χ3n) is 5.87. The zero-order valence-corrected chi connectivity index (χ0v) is 18.2. The smallest absolute Gasteiger partial charge is 0.273 e. The summed E-state index contributed by atoms with van der Waals surface area (Å²) in [5, 5.41) is 5.94. The monoisotopic (exact) mass is 448 g/mol. The van der Waals surface area contributed by atoms with Gasteiger partial charge in [-0.2, -0.15) is 4.98 Å². The molecule has 6 rings (SSSR count). The first kappa shape index (κ1) is 20.1. The summed E-state index contributed by atoms with van der Waals surface area (Å²) >= 11 is 0. The average Bonchev–Trinajstić information content (AvgIpc) is 3.37. The van der Waals surface area contributed by atoms with E-state index in [9.17, 15) is 4.79 Å². The molecule has 0 aliphatic carbocycles. The average molecular weight is 448 g/mol. The second kappa shape index (κ2) is 8.44. The van der Waals surface area contributed by atoms with Gasteiger partial charge in [0.05, 0.1) is 13.1 Å². The third-order valence-corrected chi connectivity index (χ3v) is 5.87. The highest BCUT2D eigenvalue weighted by Gasteiger charge is 2.34. The summed E-state index contributed by atoms with van der Waals surface area (Å²) in [6.45, 7) is 1.05. The van der Waals surface area contributed by atoms with E-state index in [1.54, 1.807) is 11.1 Å². The Morgan fingerprint density at radius 1 is 0.882 bits per heavy atom. The molecule has 3 aromatic carbocycles. The predicted molar refractivity (Wildman–Crippen MR) is 127 cm³/mol. The maximum atomic E-state index is 12.9. The van der Waals surface area contributed by atoms with Crippen LogP contribution in [0.4, 0.5) is 0 Å². The zero-order valence-electron chi connectivity index (χ0n) is 18.2. The van der Waals surface area contributed by atoms with Gasteiger partial charge in [0.1, 0.15) is 17.5 Å². The van der Waals surface area contributed by atoms with Gasteiger partial charge in [-0.15, -0.1) is 0 Å². The van der Waals surface area contributed by atoms with Crippen LogP contribution in [0.5, 0.6) is 5.75 Å². The van der Waals surface area contributed by atoms with Gasteiger partial charge in [-0.05, 0) is 35.7 Å². The highest BCUT2D eigenvalue weighted by molar-refractivity contribution is 6.05. The van der Waals surface area contributed by atoms with E-state index < -0.39 is 0 Å². The Hall–Kier alpha value is -4.52. The first-order valence-corrected chi connectivity index (χ1v) is 11.0. The molecule has 1 saturated heterocycles. The highest BCUT2D eigenvalue weighted by Crippen LogP contribution is 2.26. The molecule has 0 spiro atoms. The molecule has 0 radical (unpaired) electrons. The maximum absolute atomic E-state index is 12.9. The Morgan fingerprint density at radius 3 is 2.47 bits per heavy atom. The largest absolute Gasteiger partial charge is 0.487 e. The summed E-state index contributed by atoms with van der Waals surface area (Å²) in [4.78, 5) is 23.5. The minimum atomic E-state index is -0.0717. The van der Waals surface area contributed by atoms with E-state index in [-0.39, 0.29) is 12.0 Å². The molecule has 7 heteroatoms. The quantitative estimate of drug-likeness (QED) is 0.382. The Kier molecular flexibility index (Phi) is 4.99. The van der Waals surface area contributed by atoms with Crippen molar-refractivity contribution in [3.8, 4) is 28.6 Å². The number of benzene rings is 3. The second-order valence-electron chi connectivity index (χ2n) is 8.14. The van der Waals surface area contributed by atoms with Crippen molar-refractivity contribution in [2.45, 2.75) is 6.10 Å². The molecule has 0 N–H and O–H groups in total. The zero-order chi connectivity index (χ0) is 22.9. The molecule has 1 amide bonds. The van der Waals surface area contributed by atoms with E-state index in [1.165, 1.54) is 0 Å². The van der Waals surface area contributed by atoms with Crippen molar-refractivity contribution in [2.24, 2.45) is 0 Å². The number of hydrogen-bond donors (Lipinski definition) is 0.